The predicted octanol–water partition coefficient (Wildman–Crippen LogP) is 1.90. The number of β-amino-alcohol motifs (C(OH)–C–C–N with tert-alkyl or cyclic N) is 1. The van der Waals surface area contributed by atoms with Gasteiger partial charge in [-0.15, -0.1) is 0 Å². The Labute approximate surface area is 148 Å². The number of aryl methyl sites for hydroxylation is 2. The maximum atomic E-state index is 10.3. The van der Waals surface area contributed by atoms with E-state index in [4.69, 9.17) is 9.47 Å². The third-order valence-corrected chi connectivity index (χ3v) is 4.34. The van der Waals surface area contributed by atoms with Gasteiger partial charge in [-0.3, -0.25) is 4.90 Å². The Morgan fingerprint density at radius 3 is 2.68 bits per heavy atom. The Kier molecular flexibility index (Phi) is 5.50. The van der Waals surface area contributed by atoms with Gasteiger partial charge in [0.1, 0.15) is 24.8 Å². The van der Waals surface area contributed by atoms with Crippen LogP contribution < -0.4 is 9.47 Å². The molecular formula is C19H25N3O3. The summed E-state index contributed by atoms with van der Waals surface area (Å²) in [4.78, 5) is 10.7. The summed E-state index contributed by atoms with van der Waals surface area (Å²) >= 11 is 0. The topological polar surface area (TPSA) is 67.7 Å². The number of hydrogen-bond donors (Lipinski definition) is 1. The minimum atomic E-state index is -0.557. The highest BCUT2D eigenvalue weighted by Gasteiger charge is 2.23. The van der Waals surface area contributed by atoms with Crippen molar-refractivity contribution in [2.45, 2.75) is 32.9 Å². The van der Waals surface area contributed by atoms with Gasteiger partial charge in [0.25, 0.3) is 0 Å². The van der Waals surface area contributed by atoms with Crippen molar-refractivity contribution in [3.8, 4) is 11.6 Å². The van der Waals surface area contributed by atoms with Crippen LogP contribution in [0.1, 0.15) is 22.4 Å². The highest BCUT2D eigenvalue weighted by molar-refractivity contribution is 5.33. The van der Waals surface area contributed by atoms with Gasteiger partial charge >= 0.3 is 0 Å². The molecule has 6 heteroatoms. The zero-order valence-corrected chi connectivity index (χ0v) is 15.0. The molecule has 1 aromatic heterocycles. The van der Waals surface area contributed by atoms with Gasteiger partial charge in [-0.1, -0.05) is 6.07 Å². The van der Waals surface area contributed by atoms with E-state index in [-0.39, 0.29) is 6.61 Å². The number of rotatable bonds is 6. The van der Waals surface area contributed by atoms with E-state index in [1.807, 2.05) is 26.0 Å². The smallest absolute Gasteiger partial charge is 0.220 e. The molecule has 0 fully saturated rings. The van der Waals surface area contributed by atoms with Crippen molar-refractivity contribution in [2.75, 3.05) is 26.8 Å². The molecule has 0 saturated carbocycles. The van der Waals surface area contributed by atoms with Crippen molar-refractivity contribution in [3.05, 3.63) is 46.9 Å². The van der Waals surface area contributed by atoms with Gasteiger partial charge in [-0.05, 0) is 37.1 Å². The van der Waals surface area contributed by atoms with Crippen LogP contribution in [0.15, 0.2) is 24.5 Å². The molecule has 0 unspecified atom stereocenters. The van der Waals surface area contributed by atoms with Crippen LogP contribution in [0.4, 0.5) is 0 Å². The highest BCUT2D eigenvalue weighted by atomic mass is 16.5. The summed E-state index contributed by atoms with van der Waals surface area (Å²) in [5, 5.41) is 10.3. The zero-order chi connectivity index (χ0) is 17.8. The van der Waals surface area contributed by atoms with E-state index < -0.39 is 6.10 Å². The van der Waals surface area contributed by atoms with E-state index in [0.717, 1.165) is 41.1 Å². The fraction of sp³-hybridized carbons (Fsp3) is 0.474. The minimum absolute atomic E-state index is 0.272. The Balaban J connectivity index is 1.56. The van der Waals surface area contributed by atoms with E-state index in [1.54, 1.807) is 13.4 Å². The number of aliphatic hydroxyl groups is 1. The van der Waals surface area contributed by atoms with Crippen molar-refractivity contribution < 1.29 is 14.6 Å². The third kappa shape index (κ3) is 4.46. The number of ether oxygens (including phenoxy) is 2. The van der Waals surface area contributed by atoms with Crippen LogP contribution in [-0.2, 0) is 13.0 Å². The van der Waals surface area contributed by atoms with Crippen LogP contribution >= 0.6 is 0 Å². The van der Waals surface area contributed by atoms with Gasteiger partial charge in [-0.25, -0.2) is 9.97 Å². The molecule has 0 aliphatic carbocycles. The second-order valence-corrected chi connectivity index (χ2v) is 6.58. The molecule has 134 valence electrons. The monoisotopic (exact) mass is 343 g/mol. The lowest BCUT2D eigenvalue weighted by atomic mass is 10.1. The fourth-order valence-electron chi connectivity index (χ4n) is 3.26. The standard InChI is InChI=1S/C19H25N3O3/c1-13-6-14(2)8-16(7-13)25-11-15(23)9-22-5-4-18-17(10-22)19(24-3)21-12-20-18/h6-8,12,15,23H,4-5,9-11H2,1-3H3/t15-/m0/s1. The van der Waals surface area contributed by atoms with Gasteiger partial charge < -0.3 is 14.6 Å². The summed E-state index contributed by atoms with van der Waals surface area (Å²) in [6, 6.07) is 6.07. The molecule has 6 nitrogen and oxygen atoms in total. The van der Waals surface area contributed by atoms with E-state index in [9.17, 15) is 5.11 Å². The van der Waals surface area contributed by atoms with Crippen LogP contribution in [0.2, 0.25) is 0 Å². The second kappa shape index (κ2) is 7.80. The highest BCUT2D eigenvalue weighted by Crippen LogP contribution is 2.24. The first-order chi connectivity index (χ1) is 12.0. The molecule has 1 aliphatic heterocycles. The van der Waals surface area contributed by atoms with Crippen LogP contribution in [0, 0.1) is 13.8 Å². The summed E-state index contributed by atoms with van der Waals surface area (Å²) < 4.78 is 11.1. The summed E-state index contributed by atoms with van der Waals surface area (Å²) in [7, 11) is 1.62. The molecule has 1 N–H and O–H groups in total. The Morgan fingerprint density at radius 2 is 1.96 bits per heavy atom. The first-order valence-electron chi connectivity index (χ1n) is 8.53. The van der Waals surface area contributed by atoms with Crippen LogP contribution in [-0.4, -0.2) is 52.9 Å². The normalized spacial score (nSPS) is 15.5. The SMILES string of the molecule is COc1ncnc2c1CN(C[C@H](O)COc1cc(C)cc(C)c1)CC2. The maximum absolute atomic E-state index is 10.3. The van der Waals surface area contributed by atoms with E-state index in [0.29, 0.717) is 19.0 Å². The Morgan fingerprint density at radius 1 is 1.20 bits per heavy atom. The van der Waals surface area contributed by atoms with Crippen molar-refractivity contribution in [1.29, 1.82) is 0 Å². The summed E-state index contributed by atoms with van der Waals surface area (Å²) in [5.74, 6) is 1.42. The van der Waals surface area contributed by atoms with E-state index in [1.165, 1.54) is 0 Å². The van der Waals surface area contributed by atoms with Crippen LogP contribution in [0.25, 0.3) is 0 Å². The molecule has 1 aliphatic rings. The molecule has 25 heavy (non-hydrogen) atoms. The third-order valence-electron chi connectivity index (χ3n) is 4.34. The molecule has 0 bridgehead atoms. The van der Waals surface area contributed by atoms with Gasteiger partial charge in [0, 0.05) is 31.6 Å². The second-order valence-electron chi connectivity index (χ2n) is 6.58. The van der Waals surface area contributed by atoms with Crippen LogP contribution in [0.3, 0.4) is 0 Å². The lowest BCUT2D eigenvalue weighted by molar-refractivity contribution is 0.0630. The first-order valence-corrected chi connectivity index (χ1v) is 8.53. The van der Waals surface area contributed by atoms with Gasteiger partial charge in [0.05, 0.1) is 12.8 Å². The quantitative estimate of drug-likeness (QED) is 0.864. The Bertz CT molecular complexity index is 701. The number of benzene rings is 1. The lowest BCUT2D eigenvalue weighted by Gasteiger charge is -2.30. The fourth-order valence-corrected chi connectivity index (χ4v) is 3.26. The number of nitrogens with zero attached hydrogens (tertiary/aromatic N) is 3. The van der Waals surface area contributed by atoms with Crippen molar-refractivity contribution in [3.63, 3.8) is 0 Å². The molecule has 0 spiro atoms. The molecule has 1 aromatic carbocycles. The van der Waals surface area contributed by atoms with Gasteiger partial charge in [0.15, 0.2) is 0 Å². The molecular weight excluding hydrogens is 318 g/mol. The van der Waals surface area contributed by atoms with E-state index >= 15 is 0 Å². The van der Waals surface area contributed by atoms with Gasteiger partial charge in [-0.2, -0.15) is 0 Å². The average Bonchev–Trinajstić information content (AvgIpc) is 2.58. The molecule has 0 saturated heterocycles. The molecule has 0 amide bonds. The van der Waals surface area contributed by atoms with Crippen molar-refractivity contribution >= 4 is 0 Å². The predicted molar refractivity (Wildman–Crippen MR) is 95.0 cm³/mol. The van der Waals surface area contributed by atoms with Gasteiger partial charge in [0.2, 0.25) is 5.88 Å². The number of hydrogen-bond acceptors (Lipinski definition) is 6. The van der Waals surface area contributed by atoms with E-state index in [2.05, 4.69) is 20.9 Å². The number of methoxy groups -OCH3 is 1. The lowest BCUT2D eigenvalue weighted by Crippen LogP contribution is -2.39. The maximum Gasteiger partial charge on any atom is 0.220 e. The molecule has 3 rings (SSSR count). The summed E-state index contributed by atoms with van der Waals surface area (Å²) in [6.07, 6.45) is 1.82. The van der Waals surface area contributed by atoms with Crippen molar-refractivity contribution in [1.82, 2.24) is 14.9 Å². The minimum Gasteiger partial charge on any atom is -0.491 e. The molecule has 2 heterocycles. The van der Waals surface area contributed by atoms with Crippen LogP contribution in [0.5, 0.6) is 11.6 Å². The Hall–Kier alpha value is -2.18. The summed E-state index contributed by atoms with van der Waals surface area (Å²) in [5.41, 5.74) is 4.36. The first kappa shape index (κ1) is 17.6. The number of aliphatic hydroxyl groups excluding tert-OH is 1. The molecule has 0 radical (unpaired) electrons. The largest absolute Gasteiger partial charge is 0.491 e. The number of aromatic nitrogens is 2. The zero-order valence-electron chi connectivity index (χ0n) is 15.0. The van der Waals surface area contributed by atoms with Crippen molar-refractivity contribution in [2.24, 2.45) is 0 Å². The average molecular weight is 343 g/mol. The number of fused-ring (bicyclic) bond motifs is 1. The molecule has 1 atom stereocenters. The molecule has 2 aromatic rings. The summed E-state index contributed by atoms with van der Waals surface area (Å²) in [6.45, 7) is 6.43.